The van der Waals surface area contributed by atoms with Crippen LogP contribution in [-0.4, -0.2) is 13.2 Å². The molecule has 5 aliphatic rings. The van der Waals surface area contributed by atoms with Gasteiger partial charge in [-0.2, -0.15) is 0 Å². The molecule has 5 saturated carbocycles. The Balaban J connectivity index is 1.37. The summed E-state index contributed by atoms with van der Waals surface area (Å²) in [6, 6.07) is 0. The second-order valence-electron chi connectivity index (χ2n) is 13.5. The molecule has 1 spiro atoms. The van der Waals surface area contributed by atoms with Crippen LogP contribution in [0, 0.1) is 63.6 Å². The fraction of sp³-hybridized carbons (Fsp3) is 0.933. The third kappa shape index (κ3) is 2.96. The maximum Gasteiger partial charge on any atom is 0.0638 e. The molecule has 176 valence electrons. The molecule has 5 fully saturated rings. The van der Waals surface area contributed by atoms with Crippen molar-refractivity contribution in [2.45, 2.75) is 105 Å². The lowest BCUT2D eigenvalue weighted by atomic mass is 9.45. The number of methoxy groups -OCH3 is 1. The van der Waals surface area contributed by atoms with Crippen LogP contribution >= 0.6 is 0 Å². The van der Waals surface area contributed by atoms with Gasteiger partial charge in [-0.1, -0.05) is 53.7 Å². The van der Waals surface area contributed by atoms with E-state index in [1.165, 1.54) is 57.8 Å². The van der Waals surface area contributed by atoms with Crippen LogP contribution in [0.25, 0.3) is 0 Å². The van der Waals surface area contributed by atoms with Crippen LogP contribution < -0.4 is 0 Å². The van der Waals surface area contributed by atoms with Crippen LogP contribution in [0.5, 0.6) is 0 Å². The zero-order valence-corrected chi connectivity index (χ0v) is 21.6. The molecule has 0 amide bonds. The van der Waals surface area contributed by atoms with Crippen molar-refractivity contribution in [3.8, 4) is 0 Å². The Kier molecular flexibility index (Phi) is 5.52. The molecule has 0 N–H and O–H groups in total. The van der Waals surface area contributed by atoms with E-state index in [9.17, 15) is 0 Å². The van der Waals surface area contributed by atoms with Crippen molar-refractivity contribution in [2.75, 3.05) is 7.11 Å². The van der Waals surface area contributed by atoms with Crippen LogP contribution in [0.2, 0.25) is 0 Å². The zero-order chi connectivity index (χ0) is 22.2. The van der Waals surface area contributed by atoms with E-state index in [0.717, 1.165) is 47.3 Å². The third-order valence-corrected chi connectivity index (χ3v) is 12.5. The van der Waals surface area contributed by atoms with Crippen molar-refractivity contribution in [1.29, 1.82) is 0 Å². The second kappa shape index (κ2) is 7.61. The predicted molar refractivity (Wildman–Crippen MR) is 131 cm³/mol. The Labute approximate surface area is 193 Å². The fourth-order valence-electron chi connectivity index (χ4n) is 10.8. The van der Waals surface area contributed by atoms with Gasteiger partial charge in [-0.15, -0.1) is 0 Å². The molecule has 0 aromatic heterocycles. The molecule has 1 nitrogen and oxygen atoms in total. The normalized spacial score (nSPS) is 52.5. The standard InChI is InChI=1S/C30H50O/c1-8-21(19(2)3)10-9-20(4)24-11-12-25-23-17-27(31-7)30-18-22(30)13-16-29(30,6)26(23)14-15-28(24,25)5/h9-10,19-27H,8,11-18H2,1-7H3/b10-9+/t20-,21?,22?,23+,24-,25+,26+,27?,28-,29-,30?/m1/s1. The molecule has 0 aromatic rings. The molecule has 0 aliphatic heterocycles. The summed E-state index contributed by atoms with van der Waals surface area (Å²) >= 11 is 0. The minimum Gasteiger partial charge on any atom is -0.381 e. The first kappa shape index (κ1) is 22.5. The van der Waals surface area contributed by atoms with E-state index in [-0.39, 0.29) is 0 Å². The minimum absolute atomic E-state index is 0.543. The summed E-state index contributed by atoms with van der Waals surface area (Å²) in [5.41, 5.74) is 1.68. The molecule has 1 heteroatoms. The van der Waals surface area contributed by atoms with E-state index < -0.39 is 0 Å². The lowest BCUT2D eigenvalue weighted by Crippen LogP contribution is -2.57. The lowest BCUT2D eigenvalue weighted by molar-refractivity contribution is -0.160. The van der Waals surface area contributed by atoms with Gasteiger partial charge in [-0.3, -0.25) is 0 Å². The molecule has 0 radical (unpaired) electrons. The van der Waals surface area contributed by atoms with Crippen LogP contribution in [0.4, 0.5) is 0 Å². The number of ether oxygens (including phenoxy) is 1. The summed E-state index contributed by atoms with van der Waals surface area (Å²) in [5.74, 6) is 6.92. The maximum atomic E-state index is 6.31. The van der Waals surface area contributed by atoms with Gasteiger partial charge >= 0.3 is 0 Å². The van der Waals surface area contributed by atoms with Gasteiger partial charge in [0.05, 0.1) is 6.10 Å². The first-order valence-corrected chi connectivity index (χ1v) is 13.9. The van der Waals surface area contributed by atoms with Crippen molar-refractivity contribution < 1.29 is 4.74 Å². The summed E-state index contributed by atoms with van der Waals surface area (Å²) in [5, 5.41) is 0. The maximum absolute atomic E-state index is 6.31. The van der Waals surface area contributed by atoms with Crippen molar-refractivity contribution in [3.63, 3.8) is 0 Å². The van der Waals surface area contributed by atoms with Gasteiger partial charge in [0.15, 0.2) is 0 Å². The van der Waals surface area contributed by atoms with Crippen molar-refractivity contribution in [2.24, 2.45) is 63.6 Å². The molecular weight excluding hydrogens is 376 g/mol. The quantitative estimate of drug-likeness (QED) is 0.389. The SMILES string of the molecule is CCC(/C=C/[C@@H](C)[C@H]1CC[C@H]2[C@@H]3CC(OC)C45CC4CC[C@]5(C)[C@H]3CC[C@]12C)C(C)C. The van der Waals surface area contributed by atoms with Crippen LogP contribution in [0.15, 0.2) is 12.2 Å². The highest BCUT2D eigenvalue weighted by Gasteiger charge is 2.77. The summed E-state index contributed by atoms with van der Waals surface area (Å²) in [6.45, 7) is 15.1. The number of hydrogen-bond acceptors (Lipinski definition) is 1. The zero-order valence-electron chi connectivity index (χ0n) is 21.6. The van der Waals surface area contributed by atoms with Crippen LogP contribution in [-0.2, 0) is 4.74 Å². The summed E-state index contributed by atoms with van der Waals surface area (Å²) < 4.78 is 6.31. The Morgan fingerprint density at radius 1 is 0.968 bits per heavy atom. The van der Waals surface area contributed by atoms with E-state index in [4.69, 9.17) is 4.74 Å². The Hall–Kier alpha value is -0.300. The van der Waals surface area contributed by atoms with Gasteiger partial charge in [-0.25, -0.2) is 0 Å². The van der Waals surface area contributed by atoms with Crippen molar-refractivity contribution >= 4 is 0 Å². The third-order valence-electron chi connectivity index (χ3n) is 12.5. The van der Waals surface area contributed by atoms with Gasteiger partial charge in [0.2, 0.25) is 0 Å². The van der Waals surface area contributed by atoms with Crippen LogP contribution in [0.3, 0.4) is 0 Å². The second-order valence-corrected chi connectivity index (χ2v) is 13.5. The highest BCUT2D eigenvalue weighted by Crippen LogP contribution is 2.82. The topological polar surface area (TPSA) is 9.23 Å². The molecule has 4 unspecified atom stereocenters. The smallest absolute Gasteiger partial charge is 0.0638 e. The molecule has 5 aliphatic carbocycles. The summed E-state index contributed by atoms with van der Waals surface area (Å²) in [7, 11) is 2.03. The lowest BCUT2D eigenvalue weighted by Gasteiger charge is -2.61. The van der Waals surface area contributed by atoms with Gasteiger partial charge in [0, 0.05) is 12.5 Å². The van der Waals surface area contributed by atoms with Crippen molar-refractivity contribution in [1.82, 2.24) is 0 Å². The first-order chi connectivity index (χ1) is 14.7. The largest absolute Gasteiger partial charge is 0.381 e. The fourth-order valence-corrected chi connectivity index (χ4v) is 10.8. The highest BCUT2D eigenvalue weighted by atomic mass is 16.5. The average molecular weight is 427 g/mol. The minimum atomic E-state index is 0.543. The number of rotatable bonds is 6. The van der Waals surface area contributed by atoms with E-state index in [0.29, 0.717) is 22.3 Å². The molecule has 0 bridgehead atoms. The molecule has 5 rings (SSSR count). The van der Waals surface area contributed by atoms with Gasteiger partial charge in [-0.05, 0) is 116 Å². The monoisotopic (exact) mass is 426 g/mol. The molecule has 0 heterocycles. The molecular formula is C30H50O. The van der Waals surface area contributed by atoms with Crippen LogP contribution in [0.1, 0.15) is 99.3 Å². The van der Waals surface area contributed by atoms with Gasteiger partial charge in [0.25, 0.3) is 0 Å². The Morgan fingerprint density at radius 3 is 2.39 bits per heavy atom. The Bertz CT molecular complexity index is 709. The molecule has 0 saturated heterocycles. The van der Waals surface area contributed by atoms with E-state index in [1.54, 1.807) is 0 Å². The van der Waals surface area contributed by atoms with Gasteiger partial charge in [0.1, 0.15) is 0 Å². The summed E-state index contributed by atoms with van der Waals surface area (Å²) in [6.07, 6.45) is 18.7. The van der Waals surface area contributed by atoms with E-state index in [1.807, 2.05) is 7.11 Å². The van der Waals surface area contributed by atoms with Gasteiger partial charge < -0.3 is 4.74 Å². The number of fused-ring (bicyclic) bond motifs is 4. The predicted octanol–water partition coefficient (Wildman–Crippen LogP) is 8.14. The molecule has 0 aromatic carbocycles. The highest BCUT2D eigenvalue weighted by molar-refractivity contribution is 5.26. The van der Waals surface area contributed by atoms with E-state index >= 15 is 0 Å². The van der Waals surface area contributed by atoms with Crippen molar-refractivity contribution in [3.05, 3.63) is 12.2 Å². The Morgan fingerprint density at radius 2 is 1.74 bits per heavy atom. The molecule has 11 atom stereocenters. The number of allylic oxidation sites excluding steroid dienone is 2. The van der Waals surface area contributed by atoms with E-state index in [2.05, 4.69) is 53.7 Å². The first-order valence-electron chi connectivity index (χ1n) is 13.9. The molecule has 31 heavy (non-hydrogen) atoms. The number of hydrogen-bond donors (Lipinski definition) is 0. The summed E-state index contributed by atoms with van der Waals surface area (Å²) in [4.78, 5) is 0. The average Bonchev–Trinajstić information content (AvgIpc) is 3.24.